The lowest BCUT2D eigenvalue weighted by Crippen LogP contribution is -2.55. The van der Waals surface area contributed by atoms with Crippen LogP contribution in [0.1, 0.15) is 29.9 Å². The van der Waals surface area contributed by atoms with Crippen molar-refractivity contribution < 1.29 is 14.3 Å². The third kappa shape index (κ3) is 4.93. The van der Waals surface area contributed by atoms with E-state index < -0.39 is 5.66 Å². The van der Waals surface area contributed by atoms with Gasteiger partial charge in [-0.1, -0.05) is 32.0 Å². The lowest BCUT2D eigenvalue weighted by molar-refractivity contribution is -0.120. The summed E-state index contributed by atoms with van der Waals surface area (Å²) in [4.78, 5) is 23.5. The minimum Gasteiger partial charge on any atom is -0.496 e. The molecule has 0 bridgehead atoms. The Morgan fingerprint density at radius 1 is 1.27 bits per heavy atom. The molecule has 0 aliphatic carbocycles. The summed E-state index contributed by atoms with van der Waals surface area (Å²) in [5.74, 6) is 1.45. The van der Waals surface area contributed by atoms with Gasteiger partial charge in [0.15, 0.2) is 11.9 Å². The Morgan fingerprint density at radius 2 is 2.08 bits per heavy atom. The maximum Gasteiger partial charge on any atom is 0.209 e. The molecule has 1 atom stereocenters. The molecule has 5 nitrogen and oxygen atoms in total. The van der Waals surface area contributed by atoms with E-state index in [1.54, 1.807) is 7.11 Å². The Balaban J connectivity index is 2.07. The summed E-state index contributed by atoms with van der Waals surface area (Å²) < 4.78 is 5.52. The van der Waals surface area contributed by atoms with Crippen LogP contribution in [-0.4, -0.2) is 26.4 Å². The minimum atomic E-state index is -1.18. The lowest BCUT2D eigenvalue weighted by Gasteiger charge is -2.27. The number of hydrogen-bond donors (Lipinski definition) is 2. The van der Waals surface area contributed by atoms with Crippen LogP contribution in [0.5, 0.6) is 5.75 Å². The van der Waals surface area contributed by atoms with Crippen molar-refractivity contribution in [1.82, 2.24) is 10.6 Å². The first kappa shape index (κ1) is 20.1. The van der Waals surface area contributed by atoms with E-state index in [2.05, 4.69) is 36.6 Å². The first-order valence-corrected chi connectivity index (χ1v) is 9.55. The van der Waals surface area contributed by atoms with Gasteiger partial charge in [-0.3, -0.25) is 14.9 Å². The van der Waals surface area contributed by atoms with Crippen molar-refractivity contribution in [3.05, 3.63) is 51.7 Å². The molecule has 0 saturated heterocycles. The van der Waals surface area contributed by atoms with Gasteiger partial charge in [0.2, 0.25) is 6.41 Å². The van der Waals surface area contributed by atoms with Crippen molar-refractivity contribution in [2.24, 2.45) is 5.92 Å². The number of benzene rings is 1. The first-order chi connectivity index (χ1) is 12.5. The number of aldehydes is 1. The maximum absolute atomic E-state index is 11.7. The number of carbonyl (C=O) groups excluding carboxylic acids is 2. The van der Waals surface area contributed by atoms with Crippen LogP contribution in [0.2, 0.25) is 0 Å². The Kier molecular flexibility index (Phi) is 7.36. The van der Waals surface area contributed by atoms with Crippen molar-refractivity contribution in [2.45, 2.75) is 32.4 Å². The van der Waals surface area contributed by atoms with Gasteiger partial charge in [-0.2, -0.15) is 0 Å². The standard InChI is InChI=1S/C20H26N2O3S/c1-15(2)11-17-7-6-16(12-18(17)25-3)8-9-21-20(13-23,22-14-24)19-5-4-10-26-19/h4-7,10,12-15,21H,8-9,11H2,1-3H3,(H,22,24). The number of rotatable bonds is 11. The van der Waals surface area contributed by atoms with Gasteiger partial charge in [0.1, 0.15) is 5.75 Å². The van der Waals surface area contributed by atoms with Gasteiger partial charge in [-0.05, 0) is 47.4 Å². The highest BCUT2D eigenvalue weighted by Crippen LogP contribution is 2.24. The molecular formula is C20H26N2O3S. The monoisotopic (exact) mass is 374 g/mol. The molecular weight excluding hydrogens is 348 g/mol. The Bertz CT molecular complexity index is 716. The second-order valence-electron chi connectivity index (χ2n) is 6.59. The zero-order valence-corrected chi connectivity index (χ0v) is 16.3. The van der Waals surface area contributed by atoms with Gasteiger partial charge in [0.25, 0.3) is 0 Å². The molecule has 0 fully saturated rings. The second kappa shape index (κ2) is 9.50. The van der Waals surface area contributed by atoms with Crippen LogP contribution in [0.4, 0.5) is 0 Å². The van der Waals surface area contributed by atoms with E-state index >= 15 is 0 Å². The Hall–Kier alpha value is -2.18. The van der Waals surface area contributed by atoms with Crippen LogP contribution >= 0.6 is 11.3 Å². The summed E-state index contributed by atoms with van der Waals surface area (Å²) in [6.07, 6.45) is 2.96. The molecule has 140 valence electrons. The number of amides is 1. The van der Waals surface area contributed by atoms with Crippen molar-refractivity contribution in [3.63, 3.8) is 0 Å². The molecule has 0 spiro atoms. The summed E-state index contributed by atoms with van der Waals surface area (Å²) in [6.45, 7) is 4.89. The van der Waals surface area contributed by atoms with E-state index in [0.717, 1.165) is 28.9 Å². The average molecular weight is 375 g/mol. The molecule has 1 amide bonds. The number of carbonyl (C=O) groups is 2. The van der Waals surface area contributed by atoms with Gasteiger partial charge in [-0.25, -0.2) is 0 Å². The highest BCUT2D eigenvalue weighted by molar-refractivity contribution is 7.10. The number of methoxy groups -OCH3 is 1. The molecule has 2 rings (SSSR count). The lowest BCUT2D eigenvalue weighted by atomic mass is 9.99. The normalized spacial score (nSPS) is 13.2. The highest BCUT2D eigenvalue weighted by Gasteiger charge is 2.31. The molecule has 1 aromatic carbocycles. The van der Waals surface area contributed by atoms with Crippen molar-refractivity contribution in [1.29, 1.82) is 0 Å². The Morgan fingerprint density at radius 3 is 2.65 bits per heavy atom. The van der Waals surface area contributed by atoms with Crippen LogP contribution < -0.4 is 15.4 Å². The molecule has 0 saturated carbocycles. The Labute approximate surface area is 158 Å². The van der Waals surface area contributed by atoms with E-state index in [9.17, 15) is 9.59 Å². The second-order valence-corrected chi connectivity index (χ2v) is 7.53. The van der Waals surface area contributed by atoms with Gasteiger partial charge in [0, 0.05) is 6.54 Å². The van der Waals surface area contributed by atoms with Crippen molar-refractivity contribution in [3.8, 4) is 5.75 Å². The van der Waals surface area contributed by atoms with E-state index in [1.807, 2.05) is 23.6 Å². The van der Waals surface area contributed by atoms with Crippen LogP contribution in [0.25, 0.3) is 0 Å². The van der Waals surface area contributed by atoms with Crippen LogP contribution in [0, 0.1) is 5.92 Å². The zero-order chi connectivity index (χ0) is 19.0. The number of hydrogen-bond acceptors (Lipinski definition) is 5. The molecule has 1 aromatic heterocycles. The molecule has 26 heavy (non-hydrogen) atoms. The molecule has 0 aliphatic heterocycles. The molecule has 1 unspecified atom stereocenters. The average Bonchev–Trinajstić information content (AvgIpc) is 3.16. The van der Waals surface area contributed by atoms with E-state index in [1.165, 1.54) is 16.9 Å². The summed E-state index contributed by atoms with van der Waals surface area (Å²) in [5, 5.41) is 7.67. The first-order valence-electron chi connectivity index (χ1n) is 8.67. The van der Waals surface area contributed by atoms with Crippen LogP contribution in [0.15, 0.2) is 35.7 Å². The summed E-state index contributed by atoms with van der Waals surface area (Å²) in [5.41, 5.74) is 1.12. The predicted molar refractivity (Wildman–Crippen MR) is 105 cm³/mol. The molecule has 6 heteroatoms. The smallest absolute Gasteiger partial charge is 0.209 e. The van der Waals surface area contributed by atoms with E-state index in [0.29, 0.717) is 25.3 Å². The minimum absolute atomic E-state index is 0.532. The topological polar surface area (TPSA) is 67.4 Å². The number of thiophene rings is 1. The fourth-order valence-corrected chi connectivity index (χ4v) is 3.72. The van der Waals surface area contributed by atoms with E-state index in [-0.39, 0.29) is 0 Å². The number of ether oxygens (including phenoxy) is 1. The molecule has 0 radical (unpaired) electrons. The molecule has 2 aromatic rings. The predicted octanol–water partition coefficient (Wildman–Crippen LogP) is 2.89. The third-order valence-electron chi connectivity index (χ3n) is 4.17. The van der Waals surface area contributed by atoms with Crippen molar-refractivity contribution in [2.75, 3.05) is 13.7 Å². The van der Waals surface area contributed by atoms with E-state index in [4.69, 9.17) is 4.74 Å². The number of nitrogens with one attached hydrogen (secondary N) is 2. The highest BCUT2D eigenvalue weighted by atomic mass is 32.1. The largest absolute Gasteiger partial charge is 0.496 e. The van der Waals surface area contributed by atoms with Gasteiger partial charge < -0.3 is 10.1 Å². The zero-order valence-electron chi connectivity index (χ0n) is 15.5. The van der Waals surface area contributed by atoms with Gasteiger partial charge >= 0.3 is 0 Å². The quantitative estimate of drug-likeness (QED) is 0.469. The summed E-state index contributed by atoms with van der Waals surface area (Å²) in [6, 6.07) is 9.91. The van der Waals surface area contributed by atoms with Crippen LogP contribution in [0.3, 0.4) is 0 Å². The fourth-order valence-electron chi connectivity index (χ4n) is 2.90. The maximum atomic E-state index is 11.7. The third-order valence-corrected chi connectivity index (χ3v) is 5.18. The summed E-state index contributed by atoms with van der Waals surface area (Å²) >= 11 is 1.42. The molecule has 2 N–H and O–H groups in total. The van der Waals surface area contributed by atoms with Gasteiger partial charge in [-0.15, -0.1) is 11.3 Å². The van der Waals surface area contributed by atoms with Crippen LogP contribution in [-0.2, 0) is 28.1 Å². The SMILES string of the molecule is COc1cc(CCNC(C=O)(NC=O)c2cccs2)ccc1CC(C)C. The fraction of sp³-hybridized carbons (Fsp3) is 0.400. The molecule has 1 heterocycles. The van der Waals surface area contributed by atoms with Crippen molar-refractivity contribution >= 4 is 24.0 Å². The van der Waals surface area contributed by atoms with Gasteiger partial charge in [0.05, 0.1) is 12.0 Å². The summed E-state index contributed by atoms with van der Waals surface area (Å²) in [7, 11) is 1.68. The molecule has 0 aliphatic rings.